The summed E-state index contributed by atoms with van der Waals surface area (Å²) in [4.78, 5) is 55.1. The van der Waals surface area contributed by atoms with Crippen molar-refractivity contribution in [3.05, 3.63) is 65.7 Å². The van der Waals surface area contributed by atoms with Crippen molar-refractivity contribution in [1.29, 1.82) is 0 Å². The summed E-state index contributed by atoms with van der Waals surface area (Å²) in [5, 5.41) is 11.5. The minimum absolute atomic E-state index is 0.0405. The molecular formula is C32H43N5O5. The number of nitrogens with zero attached hydrogens (tertiary/aromatic N) is 1. The number of nitrogens with one attached hydrogen (secondary N) is 4. The van der Waals surface area contributed by atoms with Gasteiger partial charge in [0, 0.05) is 32.5 Å². The van der Waals surface area contributed by atoms with Crippen LogP contribution in [0, 0.1) is 0 Å². The molecule has 0 saturated carbocycles. The van der Waals surface area contributed by atoms with Crippen LogP contribution in [0.3, 0.4) is 0 Å². The molecule has 2 aromatic carbocycles. The summed E-state index contributed by atoms with van der Waals surface area (Å²) in [7, 11) is 0. The monoisotopic (exact) mass is 577 g/mol. The summed E-state index contributed by atoms with van der Waals surface area (Å²) in [6.45, 7) is 3.86. The Morgan fingerprint density at radius 1 is 0.905 bits per heavy atom. The van der Waals surface area contributed by atoms with Crippen LogP contribution in [0.2, 0.25) is 0 Å². The lowest BCUT2D eigenvalue weighted by atomic mass is 10.0. The highest BCUT2D eigenvalue weighted by atomic mass is 16.5. The number of carbonyl (C=O) groups is 4. The maximum atomic E-state index is 13.3. The van der Waals surface area contributed by atoms with E-state index >= 15 is 0 Å². The summed E-state index contributed by atoms with van der Waals surface area (Å²) in [6, 6.07) is 14.6. The molecule has 0 radical (unpaired) electrons. The highest BCUT2D eigenvalue weighted by Crippen LogP contribution is 2.19. The quantitative estimate of drug-likeness (QED) is 0.417. The molecule has 2 aliphatic heterocycles. The van der Waals surface area contributed by atoms with Crippen LogP contribution in [0.1, 0.15) is 60.9 Å². The van der Waals surface area contributed by atoms with Crippen molar-refractivity contribution >= 4 is 23.6 Å². The van der Waals surface area contributed by atoms with Gasteiger partial charge in [-0.15, -0.1) is 0 Å². The molecule has 0 unspecified atom stereocenters. The first kappa shape index (κ1) is 31.0. The van der Waals surface area contributed by atoms with E-state index in [0.29, 0.717) is 37.2 Å². The number of likely N-dealkylation sites (tertiary alicyclic amines) is 1. The fraction of sp³-hybridized carbons (Fsp3) is 0.500. The van der Waals surface area contributed by atoms with Gasteiger partial charge in [-0.1, -0.05) is 55.3 Å². The Balaban J connectivity index is 1.46. The van der Waals surface area contributed by atoms with E-state index in [9.17, 15) is 19.2 Å². The van der Waals surface area contributed by atoms with Gasteiger partial charge in [-0.25, -0.2) is 0 Å². The van der Waals surface area contributed by atoms with Gasteiger partial charge in [0.15, 0.2) is 0 Å². The summed E-state index contributed by atoms with van der Waals surface area (Å²) < 4.78 is 5.88. The Hall–Kier alpha value is -3.92. The van der Waals surface area contributed by atoms with E-state index in [1.165, 1.54) is 12.8 Å². The van der Waals surface area contributed by atoms with Gasteiger partial charge in [0.05, 0.1) is 12.2 Å². The van der Waals surface area contributed by atoms with E-state index in [4.69, 9.17) is 4.74 Å². The molecule has 10 heteroatoms. The number of ether oxygens (including phenoxy) is 1. The number of benzene rings is 2. The van der Waals surface area contributed by atoms with Crippen LogP contribution in [0.15, 0.2) is 54.6 Å². The maximum absolute atomic E-state index is 13.3. The molecule has 1 saturated heterocycles. The zero-order valence-electron chi connectivity index (χ0n) is 24.2. The minimum atomic E-state index is -0.935. The predicted octanol–water partition coefficient (Wildman–Crippen LogP) is 2.18. The standard InChI is InChI=1S/C32H43N5O5/c38-29-16-15-26(31(40)34-18-21-37-19-8-1-2-9-20-37)36-30(39)25-13-6-7-14-28(25)42-22-10-17-33-32(41)27(35-29)23-24-11-4-3-5-12-24/h3-7,11-14,26-27H,1-2,8-10,15-23H2,(H,33,41)(H,34,40)(H,35,38)(H,36,39)/t26-,27-/m0/s1. The molecule has 0 spiro atoms. The second-order valence-electron chi connectivity index (χ2n) is 10.9. The molecule has 4 N–H and O–H groups in total. The van der Waals surface area contributed by atoms with Crippen molar-refractivity contribution in [2.45, 2.75) is 63.5 Å². The normalized spacial score (nSPS) is 21.5. The van der Waals surface area contributed by atoms with E-state index in [-0.39, 0.29) is 37.2 Å². The van der Waals surface area contributed by atoms with Crippen molar-refractivity contribution in [1.82, 2.24) is 26.2 Å². The lowest BCUT2D eigenvalue weighted by molar-refractivity contribution is -0.129. The molecule has 42 heavy (non-hydrogen) atoms. The third kappa shape index (κ3) is 9.87. The molecule has 0 aliphatic carbocycles. The maximum Gasteiger partial charge on any atom is 0.255 e. The van der Waals surface area contributed by atoms with E-state index in [1.54, 1.807) is 24.3 Å². The molecular weight excluding hydrogens is 534 g/mol. The first-order valence-corrected chi connectivity index (χ1v) is 15.1. The molecule has 2 atom stereocenters. The lowest BCUT2D eigenvalue weighted by Crippen LogP contribution is -2.50. The highest BCUT2D eigenvalue weighted by Gasteiger charge is 2.26. The van der Waals surface area contributed by atoms with Gasteiger partial charge in [0.25, 0.3) is 5.91 Å². The van der Waals surface area contributed by atoms with Crippen molar-refractivity contribution in [2.75, 3.05) is 39.3 Å². The van der Waals surface area contributed by atoms with Gasteiger partial charge in [-0.3, -0.25) is 19.2 Å². The van der Waals surface area contributed by atoms with Crippen LogP contribution in [0.25, 0.3) is 0 Å². The van der Waals surface area contributed by atoms with Gasteiger partial charge >= 0.3 is 0 Å². The first-order chi connectivity index (χ1) is 20.5. The summed E-state index contributed by atoms with van der Waals surface area (Å²) in [6.07, 6.45) is 5.67. The van der Waals surface area contributed by atoms with Gasteiger partial charge in [0.1, 0.15) is 17.8 Å². The lowest BCUT2D eigenvalue weighted by Gasteiger charge is -2.23. The zero-order chi connectivity index (χ0) is 29.6. The Kier molecular flexibility index (Phi) is 12.2. The van der Waals surface area contributed by atoms with Gasteiger partial charge in [0.2, 0.25) is 17.7 Å². The predicted molar refractivity (Wildman–Crippen MR) is 160 cm³/mol. The van der Waals surface area contributed by atoms with Crippen LogP contribution in [-0.2, 0) is 20.8 Å². The molecule has 10 nitrogen and oxygen atoms in total. The fourth-order valence-electron chi connectivity index (χ4n) is 5.30. The van der Waals surface area contributed by atoms with Crippen LogP contribution >= 0.6 is 0 Å². The number of hydrogen-bond donors (Lipinski definition) is 4. The Labute approximate surface area is 247 Å². The number of hydrogen-bond acceptors (Lipinski definition) is 6. The Bertz CT molecular complexity index is 1180. The molecule has 4 rings (SSSR count). The van der Waals surface area contributed by atoms with E-state index in [2.05, 4.69) is 26.2 Å². The average Bonchev–Trinajstić information content (AvgIpc) is 3.27. The van der Waals surface area contributed by atoms with Crippen molar-refractivity contribution in [3.8, 4) is 5.75 Å². The summed E-state index contributed by atoms with van der Waals surface area (Å²) in [5.41, 5.74) is 1.23. The zero-order valence-corrected chi connectivity index (χ0v) is 24.2. The molecule has 226 valence electrons. The van der Waals surface area contributed by atoms with Gasteiger partial charge < -0.3 is 30.9 Å². The van der Waals surface area contributed by atoms with Crippen molar-refractivity contribution in [3.63, 3.8) is 0 Å². The molecule has 2 heterocycles. The first-order valence-electron chi connectivity index (χ1n) is 15.1. The largest absolute Gasteiger partial charge is 0.493 e. The van der Waals surface area contributed by atoms with Gasteiger partial charge in [-0.05, 0) is 56.5 Å². The van der Waals surface area contributed by atoms with Crippen LogP contribution in [0.5, 0.6) is 5.75 Å². The number of rotatable bonds is 6. The van der Waals surface area contributed by atoms with E-state index in [0.717, 1.165) is 38.0 Å². The average molecular weight is 578 g/mol. The smallest absolute Gasteiger partial charge is 0.255 e. The van der Waals surface area contributed by atoms with Crippen molar-refractivity contribution in [2.24, 2.45) is 0 Å². The summed E-state index contributed by atoms with van der Waals surface area (Å²) in [5.74, 6) is -1.03. The second kappa shape index (κ2) is 16.5. The van der Waals surface area contributed by atoms with Crippen molar-refractivity contribution < 1.29 is 23.9 Å². The van der Waals surface area contributed by atoms with Crippen LogP contribution in [-0.4, -0.2) is 79.9 Å². The van der Waals surface area contributed by atoms with E-state index in [1.807, 2.05) is 30.3 Å². The van der Waals surface area contributed by atoms with E-state index < -0.39 is 18.0 Å². The SMILES string of the molecule is O=C1CC[C@@H](C(=O)NCCN2CCCCCC2)NC(=O)c2ccccc2OCCCNC(=O)[C@H](Cc2ccccc2)N1. The third-order valence-electron chi connectivity index (χ3n) is 7.65. The molecule has 0 bridgehead atoms. The number of fused-ring (bicyclic) bond motifs is 1. The molecule has 2 aromatic rings. The minimum Gasteiger partial charge on any atom is -0.493 e. The second-order valence-corrected chi connectivity index (χ2v) is 10.9. The fourth-order valence-corrected chi connectivity index (χ4v) is 5.30. The van der Waals surface area contributed by atoms with Gasteiger partial charge in [-0.2, -0.15) is 0 Å². The number of amides is 4. The Morgan fingerprint density at radius 2 is 1.64 bits per heavy atom. The Morgan fingerprint density at radius 3 is 2.43 bits per heavy atom. The molecule has 2 aliphatic rings. The third-order valence-corrected chi connectivity index (χ3v) is 7.65. The molecule has 0 aromatic heterocycles. The van der Waals surface area contributed by atoms with Crippen LogP contribution in [0.4, 0.5) is 0 Å². The molecule has 1 fully saturated rings. The number of carbonyl (C=O) groups excluding carboxylic acids is 4. The molecule has 4 amide bonds. The number of para-hydroxylation sites is 1. The highest BCUT2D eigenvalue weighted by molar-refractivity contribution is 5.99. The summed E-state index contributed by atoms with van der Waals surface area (Å²) >= 11 is 0. The topological polar surface area (TPSA) is 129 Å². The van der Waals surface area contributed by atoms with Crippen LogP contribution < -0.4 is 26.0 Å².